The molecule has 6 rings (SSSR count). The van der Waals surface area contributed by atoms with Crippen LogP contribution in [0.2, 0.25) is 0 Å². The van der Waals surface area contributed by atoms with Gasteiger partial charge in [0, 0.05) is 12.7 Å². The summed E-state index contributed by atoms with van der Waals surface area (Å²) in [5, 5.41) is 0. The Hall–Kier alpha value is -5.51. The quantitative estimate of drug-likeness (QED) is 0.160. The molecule has 0 fully saturated rings. The van der Waals surface area contributed by atoms with Gasteiger partial charge in [0.2, 0.25) is 0 Å². The van der Waals surface area contributed by atoms with E-state index in [2.05, 4.69) is 4.72 Å². The van der Waals surface area contributed by atoms with Crippen molar-refractivity contribution in [2.75, 3.05) is 16.7 Å². The minimum Gasteiger partial charge on any atom is -0.280 e. The van der Waals surface area contributed by atoms with Crippen molar-refractivity contribution < 1.29 is 53.9 Å². The van der Waals surface area contributed by atoms with Crippen LogP contribution in [0.5, 0.6) is 0 Å². The van der Waals surface area contributed by atoms with Crippen LogP contribution in [-0.2, 0) is 21.6 Å². The SMILES string of the molecule is Cc1c(C)c(N2C(=O)c3ccc(C(C)(c4ccc5c(c4)C(=O)N(C)C5=O)C(F)(F)F)cc3C2=O)c(C)c(S(=O)(=O)Nc2ccc(C(F)(F)F)cc2)c1C. The van der Waals surface area contributed by atoms with E-state index in [9.17, 15) is 40.8 Å². The van der Waals surface area contributed by atoms with E-state index in [1.165, 1.54) is 27.8 Å². The number of hydrogen-bond acceptors (Lipinski definition) is 6. The predicted octanol–water partition coefficient (Wildman–Crippen LogP) is 7.63. The number of carbonyl (C=O) groups is 4. The molecule has 0 aliphatic carbocycles. The molecule has 1 N–H and O–H groups in total. The number of sulfonamides is 1. The van der Waals surface area contributed by atoms with E-state index in [0.29, 0.717) is 28.2 Å². The molecule has 276 valence electrons. The summed E-state index contributed by atoms with van der Waals surface area (Å²) in [7, 11) is -3.35. The fraction of sp³-hybridized carbons (Fsp3) is 0.243. The summed E-state index contributed by atoms with van der Waals surface area (Å²) in [6, 6.07) is 9.50. The maximum absolute atomic E-state index is 15.1. The minimum atomic E-state index is -5.01. The van der Waals surface area contributed by atoms with Gasteiger partial charge >= 0.3 is 12.4 Å². The van der Waals surface area contributed by atoms with E-state index < -0.39 is 68.1 Å². The normalized spacial score (nSPS) is 15.9. The highest BCUT2D eigenvalue weighted by Gasteiger charge is 2.55. The molecule has 16 heteroatoms. The molecule has 0 spiro atoms. The topological polar surface area (TPSA) is 121 Å². The van der Waals surface area contributed by atoms with E-state index in [1.807, 2.05) is 0 Å². The molecule has 9 nitrogen and oxygen atoms in total. The Morgan fingerprint density at radius 3 is 1.55 bits per heavy atom. The maximum atomic E-state index is 15.1. The standard InChI is InChI=1S/C37H29F6N3O6S/c1-17-18(2)29(20(4)30(19(17)3)53(51,52)44-24-11-7-21(8-12-24)36(38,39)40)46-33(49)26-14-10-23(16-28(26)34(46)50)35(5,37(41,42)43)22-9-13-25-27(15-22)32(48)45(6)31(25)47/h7-16,44H,1-6H3. The first-order valence-corrected chi connectivity index (χ1v) is 17.3. The molecule has 2 aliphatic rings. The number of alkyl halides is 6. The zero-order valence-electron chi connectivity index (χ0n) is 28.8. The summed E-state index contributed by atoms with van der Waals surface area (Å²) < 4.78 is 114. The van der Waals surface area contributed by atoms with Gasteiger partial charge in [-0.05, 0) is 117 Å². The van der Waals surface area contributed by atoms with Crippen LogP contribution in [0.25, 0.3) is 0 Å². The lowest BCUT2D eigenvalue weighted by Gasteiger charge is -2.33. The lowest BCUT2D eigenvalue weighted by Crippen LogP contribution is -2.41. The third-order valence-electron chi connectivity index (χ3n) is 10.2. The van der Waals surface area contributed by atoms with Crippen LogP contribution in [0.1, 0.15) is 87.3 Å². The lowest BCUT2D eigenvalue weighted by molar-refractivity contribution is -0.173. The number of rotatable bonds is 6. The van der Waals surface area contributed by atoms with E-state index in [1.54, 1.807) is 6.92 Å². The van der Waals surface area contributed by atoms with E-state index in [0.717, 1.165) is 60.4 Å². The number of fused-ring (bicyclic) bond motifs is 2. The van der Waals surface area contributed by atoms with Gasteiger partial charge in [0.25, 0.3) is 33.7 Å². The second-order valence-electron chi connectivity index (χ2n) is 13.1. The zero-order chi connectivity index (χ0) is 39.3. The summed E-state index contributed by atoms with van der Waals surface area (Å²) in [4.78, 5) is 54.1. The highest BCUT2D eigenvalue weighted by Crippen LogP contribution is 2.48. The molecule has 2 aliphatic heterocycles. The Kier molecular flexibility index (Phi) is 8.44. The van der Waals surface area contributed by atoms with Gasteiger partial charge in [-0.25, -0.2) is 13.3 Å². The van der Waals surface area contributed by atoms with Crippen molar-refractivity contribution in [3.8, 4) is 0 Å². The van der Waals surface area contributed by atoms with E-state index in [-0.39, 0.29) is 49.7 Å². The molecule has 0 saturated carbocycles. The molecule has 0 bridgehead atoms. The Morgan fingerprint density at radius 1 is 0.585 bits per heavy atom. The second-order valence-corrected chi connectivity index (χ2v) is 14.7. The van der Waals surface area contributed by atoms with Gasteiger partial charge in [0.1, 0.15) is 5.41 Å². The summed E-state index contributed by atoms with van der Waals surface area (Å²) in [5.41, 5.74) is -5.08. The fourth-order valence-corrected chi connectivity index (χ4v) is 8.50. The van der Waals surface area contributed by atoms with Gasteiger partial charge in [-0.3, -0.25) is 28.8 Å². The monoisotopic (exact) mass is 757 g/mol. The number of anilines is 2. The molecular weight excluding hydrogens is 728 g/mol. The number of imide groups is 2. The molecule has 53 heavy (non-hydrogen) atoms. The molecule has 2 heterocycles. The molecule has 0 radical (unpaired) electrons. The van der Waals surface area contributed by atoms with Gasteiger partial charge in [-0.15, -0.1) is 0 Å². The van der Waals surface area contributed by atoms with Crippen LogP contribution >= 0.6 is 0 Å². The van der Waals surface area contributed by atoms with E-state index >= 15 is 13.2 Å². The molecule has 0 aromatic heterocycles. The van der Waals surface area contributed by atoms with Crippen LogP contribution in [-0.4, -0.2) is 50.2 Å². The van der Waals surface area contributed by atoms with Gasteiger partial charge in [0.05, 0.1) is 38.4 Å². The first-order valence-electron chi connectivity index (χ1n) is 15.8. The van der Waals surface area contributed by atoms with Gasteiger partial charge in [-0.2, -0.15) is 26.3 Å². The third kappa shape index (κ3) is 5.57. The maximum Gasteiger partial charge on any atom is 0.416 e. The number of carbonyl (C=O) groups excluding carboxylic acids is 4. The molecular formula is C37H29F6N3O6S. The molecule has 0 saturated heterocycles. The van der Waals surface area contributed by atoms with Gasteiger partial charge in [0.15, 0.2) is 0 Å². The molecule has 1 atom stereocenters. The van der Waals surface area contributed by atoms with Crippen molar-refractivity contribution in [1.82, 2.24) is 4.90 Å². The highest BCUT2D eigenvalue weighted by molar-refractivity contribution is 7.92. The summed E-state index contributed by atoms with van der Waals surface area (Å²) in [6.07, 6.45) is -9.67. The summed E-state index contributed by atoms with van der Waals surface area (Å²) in [6.45, 7) is 6.75. The van der Waals surface area contributed by atoms with Crippen molar-refractivity contribution in [2.45, 2.75) is 57.3 Å². The second kappa shape index (κ2) is 12.0. The Labute approximate surface area is 299 Å². The van der Waals surface area contributed by atoms with Crippen LogP contribution in [0.15, 0.2) is 65.6 Å². The predicted molar refractivity (Wildman–Crippen MR) is 181 cm³/mol. The summed E-state index contributed by atoms with van der Waals surface area (Å²) in [5.74, 6) is -3.41. The Balaban J connectivity index is 1.43. The van der Waals surface area contributed by atoms with Crippen molar-refractivity contribution in [3.05, 3.63) is 122 Å². The average Bonchev–Trinajstić information content (AvgIpc) is 3.45. The highest BCUT2D eigenvalue weighted by atomic mass is 32.2. The zero-order valence-corrected chi connectivity index (χ0v) is 29.6. The van der Waals surface area contributed by atoms with Crippen molar-refractivity contribution in [3.63, 3.8) is 0 Å². The number of benzene rings is 4. The van der Waals surface area contributed by atoms with Crippen molar-refractivity contribution >= 4 is 45.0 Å². The van der Waals surface area contributed by atoms with Gasteiger partial charge in [-0.1, -0.05) is 12.1 Å². The van der Waals surface area contributed by atoms with Crippen LogP contribution in [0.3, 0.4) is 0 Å². The third-order valence-corrected chi connectivity index (χ3v) is 11.8. The van der Waals surface area contributed by atoms with Crippen molar-refractivity contribution in [2.24, 2.45) is 0 Å². The smallest absolute Gasteiger partial charge is 0.280 e. The Morgan fingerprint density at radius 2 is 1.04 bits per heavy atom. The van der Waals surface area contributed by atoms with Gasteiger partial charge < -0.3 is 0 Å². The molecule has 4 amide bonds. The summed E-state index contributed by atoms with van der Waals surface area (Å²) >= 11 is 0. The van der Waals surface area contributed by atoms with E-state index in [4.69, 9.17) is 0 Å². The number of amides is 4. The minimum absolute atomic E-state index is 0.0637. The van der Waals surface area contributed by atoms with Crippen LogP contribution in [0, 0.1) is 27.7 Å². The van der Waals surface area contributed by atoms with Crippen LogP contribution in [0.4, 0.5) is 37.7 Å². The molecule has 4 aromatic carbocycles. The average molecular weight is 758 g/mol. The van der Waals surface area contributed by atoms with Crippen molar-refractivity contribution in [1.29, 1.82) is 0 Å². The first-order chi connectivity index (χ1) is 24.4. The fourth-order valence-electron chi connectivity index (χ4n) is 6.89. The largest absolute Gasteiger partial charge is 0.416 e. The molecule has 4 aromatic rings. The van der Waals surface area contributed by atoms with Crippen LogP contribution < -0.4 is 9.62 Å². The number of halogens is 6. The number of hydrogen-bond donors (Lipinski definition) is 1. The Bertz CT molecular complexity index is 2420. The lowest BCUT2D eigenvalue weighted by atomic mass is 9.74. The number of nitrogens with zero attached hydrogens (tertiary/aromatic N) is 2. The first kappa shape index (κ1) is 37.3. The molecule has 1 unspecified atom stereocenters. The number of nitrogens with one attached hydrogen (secondary N) is 1.